The van der Waals surface area contributed by atoms with Crippen molar-refractivity contribution in [1.82, 2.24) is 4.90 Å². The molecule has 0 bridgehead atoms. The Bertz CT molecular complexity index is 681. The molecule has 1 aromatic rings. The zero-order valence-corrected chi connectivity index (χ0v) is 14.8. The molecule has 1 aliphatic heterocycles. The van der Waals surface area contributed by atoms with Crippen LogP contribution in [0.5, 0.6) is 5.75 Å². The molecule has 24 heavy (non-hydrogen) atoms. The Morgan fingerprint density at radius 2 is 1.79 bits per heavy atom. The number of nitrogens with zero attached hydrogens (tertiary/aromatic N) is 1. The second kappa shape index (κ2) is 7.53. The first-order chi connectivity index (χ1) is 11.3. The summed E-state index contributed by atoms with van der Waals surface area (Å²) in [5, 5.41) is -0.482. The fourth-order valence-electron chi connectivity index (χ4n) is 2.16. The SMILES string of the molecule is COC(=O)[C@@H](C)N1C(=O)S/C(=C/c2ccc(OC(C)C)cc2)C1=O. The van der Waals surface area contributed by atoms with Gasteiger partial charge in [-0.15, -0.1) is 0 Å². The fraction of sp³-hybridized carbons (Fsp3) is 0.353. The molecule has 1 aromatic carbocycles. The van der Waals surface area contributed by atoms with Crippen molar-refractivity contribution in [2.45, 2.75) is 32.9 Å². The van der Waals surface area contributed by atoms with Gasteiger partial charge in [0.05, 0.1) is 18.1 Å². The standard InChI is InChI=1S/C17H19NO5S/c1-10(2)23-13-7-5-12(6-8-13)9-14-15(19)18(17(21)24-14)11(3)16(20)22-4/h5-11H,1-4H3/b14-9+/t11-/m1/s1. The van der Waals surface area contributed by atoms with Crippen LogP contribution in [0.4, 0.5) is 4.79 Å². The van der Waals surface area contributed by atoms with E-state index in [-0.39, 0.29) is 11.0 Å². The van der Waals surface area contributed by atoms with Crippen LogP contribution < -0.4 is 4.74 Å². The molecule has 1 atom stereocenters. The average Bonchev–Trinajstić information content (AvgIpc) is 2.81. The van der Waals surface area contributed by atoms with Gasteiger partial charge >= 0.3 is 5.97 Å². The summed E-state index contributed by atoms with van der Waals surface area (Å²) in [7, 11) is 1.22. The molecule has 0 unspecified atom stereocenters. The van der Waals surface area contributed by atoms with Gasteiger partial charge in [0.1, 0.15) is 11.8 Å². The average molecular weight is 349 g/mol. The lowest BCUT2D eigenvalue weighted by molar-refractivity contribution is -0.148. The number of rotatable bonds is 5. The van der Waals surface area contributed by atoms with Crippen LogP contribution >= 0.6 is 11.8 Å². The maximum atomic E-state index is 12.4. The van der Waals surface area contributed by atoms with Gasteiger partial charge in [-0.2, -0.15) is 0 Å². The molecule has 0 aromatic heterocycles. The molecule has 2 rings (SSSR count). The van der Waals surface area contributed by atoms with Gasteiger partial charge < -0.3 is 9.47 Å². The number of imide groups is 1. The molecular formula is C17H19NO5S. The molecular weight excluding hydrogens is 330 g/mol. The largest absolute Gasteiger partial charge is 0.491 e. The highest BCUT2D eigenvalue weighted by Gasteiger charge is 2.41. The summed E-state index contributed by atoms with van der Waals surface area (Å²) in [5.41, 5.74) is 0.766. The van der Waals surface area contributed by atoms with Gasteiger partial charge in [-0.1, -0.05) is 12.1 Å². The van der Waals surface area contributed by atoms with Crippen LogP contribution in [-0.4, -0.2) is 41.3 Å². The van der Waals surface area contributed by atoms with Crippen molar-refractivity contribution >= 4 is 35.0 Å². The summed E-state index contributed by atoms with van der Waals surface area (Å²) >= 11 is 0.807. The van der Waals surface area contributed by atoms with E-state index in [9.17, 15) is 14.4 Å². The number of amides is 2. The maximum absolute atomic E-state index is 12.4. The molecule has 1 aliphatic rings. The van der Waals surface area contributed by atoms with Crippen molar-refractivity contribution in [2.75, 3.05) is 7.11 Å². The minimum absolute atomic E-state index is 0.0761. The first kappa shape index (κ1) is 18.1. The molecule has 0 N–H and O–H groups in total. The number of carbonyl (C=O) groups excluding carboxylic acids is 3. The van der Waals surface area contributed by atoms with Crippen LogP contribution in [0.2, 0.25) is 0 Å². The number of benzene rings is 1. The van der Waals surface area contributed by atoms with E-state index in [2.05, 4.69) is 4.74 Å². The molecule has 0 radical (unpaired) electrons. The van der Waals surface area contributed by atoms with Crippen LogP contribution in [-0.2, 0) is 14.3 Å². The van der Waals surface area contributed by atoms with E-state index in [0.717, 1.165) is 28.0 Å². The van der Waals surface area contributed by atoms with Crippen LogP contribution in [0.1, 0.15) is 26.3 Å². The summed E-state index contributed by atoms with van der Waals surface area (Å²) in [6, 6.07) is 6.25. The highest BCUT2D eigenvalue weighted by molar-refractivity contribution is 8.18. The van der Waals surface area contributed by atoms with Crippen molar-refractivity contribution in [3.05, 3.63) is 34.7 Å². The summed E-state index contributed by atoms with van der Waals surface area (Å²) in [6.07, 6.45) is 1.70. The Morgan fingerprint density at radius 1 is 1.17 bits per heavy atom. The smallest absolute Gasteiger partial charge is 0.328 e. The third-order valence-electron chi connectivity index (χ3n) is 3.30. The molecule has 0 saturated carbocycles. The minimum Gasteiger partial charge on any atom is -0.491 e. The molecule has 128 valence electrons. The molecule has 6 nitrogen and oxygen atoms in total. The summed E-state index contributed by atoms with van der Waals surface area (Å²) in [4.78, 5) is 37.2. The molecule has 1 heterocycles. The Morgan fingerprint density at radius 3 is 2.33 bits per heavy atom. The lowest BCUT2D eigenvalue weighted by Crippen LogP contribution is -2.42. The van der Waals surface area contributed by atoms with Gasteiger partial charge in [-0.3, -0.25) is 14.5 Å². The maximum Gasteiger partial charge on any atom is 0.328 e. The van der Waals surface area contributed by atoms with Crippen molar-refractivity contribution in [2.24, 2.45) is 0 Å². The van der Waals surface area contributed by atoms with Crippen LogP contribution in [0, 0.1) is 0 Å². The van der Waals surface area contributed by atoms with Gasteiger partial charge in [-0.25, -0.2) is 4.79 Å². The summed E-state index contributed by atoms with van der Waals surface area (Å²) in [6.45, 7) is 5.34. The molecule has 2 amide bonds. The Balaban J connectivity index is 2.18. The number of carbonyl (C=O) groups is 3. The Hall–Kier alpha value is -2.28. The van der Waals surface area contributed by atoms with E-state index < -0.39 is 23.2 Å². The number of methoxy groups -OCH3 is 1. The minimum atomic E-state index is -0.949. The quantitative estimate of drug-likeness (QED) is 0.601. The van der Waals surface area contributed by atoms with Gasteiger partial charge in [-0.05, 0) is 56.3 Å². The molecule has 0 aliphatic carbocycles. The monoisotopic (exact) mass is 349 g/mol. The normalized spacial score (nSPS) is 17.5. The second-order valence-electron chi connectivity index (χ2n) is 5.49. The number of esters is 1. The first-order valence-electron chi connectivity index (χ1n) is 7.45. The molecule has 1 fully saturated rings. The third kappa shape index (κ3) is 3.97. The second-order valence-corrected chi connectivity index (χ2v) is 6.48. The number of ether oxygens (including phenoxy) is 2. The topological polar surface area (TPSA) is 72.9 Å². The Kier molecular flexibility index (Phi) is 5.66. The van der Waals surface area contributed by atoms with E-state index in [1.807, 2.05) is 13.8 Å². The van der Waals surface area contributed by atoms with E-state index in [1.165, 1.54) is 14.0 Å². The highest BCUT2D eigenvalue weighted by atomic mass is 32.2. The molecule has 1 saturated heterocycles. The zero-order chi connectivity index (χ0) is 17.9. The number of hydrogen-bond acceptors (Lipinski definition) is 6. The van der Waals surface area contributed by atoms with Gasteiger partial charge in [0.15, 0.2) is 0 Å². The third-order valence-corrected chi connectivity index (χ3v) is 4.19. The predicted octanol–water partition coefficient (Wildman–Crippen LogP) is 3.07. The van der Waals surface area contributed by atoms with Gasteiger partial charge in [0.25, 0.3) is 11.1 Å². The van der Waals surface area contributed by atoms with E-state index >= 15 is 0 Å². The lowest BCUT2D eigenvalue weighted by Gasteiger charge is -2.18. The number of thioether (sulfide) groups is 1. The van der Waals surface area contributed by atoms with Crippen LogP contribution in [0.3, 0.4) is 0 Å². The zero-order valence-electron chi connectivity index (χ0n) is 13.9. The molecule has 7 heteroatoms. The van der Waals surface area contributed by atoms with Crippen LogP contribution in [0.25, 0.3) is 6.08 Å². The van der Waals surface area contributed by atoms with E-state index in [4.69, 9.17) is 4.74 Å². The van der Waals surface area contributed by atoms with Gasteiger partial charge in [0.2, 0.25) is 0 Å². The van der Waals surface area contributed by atoms with Crippen LogP contribution in [0.15, 0.2) is 29.2 Å². The van der Waals surface area contributed by atoms with E-state index in [1.54, 1.807) is 30.3 Å². The first-order valence-corrected chi connectivity index (χ1v) is 8.26. The van der Waals surface area contributed by atoms with E-state index in [0.29, 0.717) is 0 Å². The van der Waals surface area contributed by atoms with Crippen molar-refractivity contribution in [3.63, 3.8) is 0 Å². The Labute approximate surface area is 144 Å². The van der Waals surface area contributed by atoms with Gasteiger partial charge in [0, 0.05) is 0 Å². The van der Waals surface area contributed by atoms with Crippen molar-refractivity contribution < 1.29 is 23.9 Å². The predicted molar refractivity (Wildman–Crippen MR) is 91.5 cm³/mol. The van der Waals surface area contributed by atoms with Crippen molar-refractivity contribution in [3.8, 4) is 5.75 Å². The number of hydrogen-bond donors (Lipinski definition) is 0. The summed E-state index contributed by atoms with van der Waals surface area (Å²) in [5.74, 6) is -0.395. The molecule has 0 spiro atoms. The highest BCUT2D eigenvalue weighted by Crippen LogP contribution is 2.34. The summed E-state index contributed by atoms with van der Waals surface area (Å²) < 4.78 is 10.1. The fourth-order valence-corrected chi connectivity index (χ4v) is 3.06. The van der Waals surface area contributed by atoms with Crippen molar-refractivity contribution in [1.29, 1.82) is 0 Å². The lowest BCUT2D eigenvalue weighted by atomic mass is 10.2.